The van der Waals surface area contributed by atoms with E-state index < -0.39 is 0 Å². The number of hydrogen-bond donors (Lipinski definition) is 1. The fourth-order valence-corrected chi connectivity index (χ4v) is 3.94. The highest BCUT2D eigenvalue weighted by Gasteiger charge is 2.20. The van der Waals surface area contributed by atoms with E-state index in [1.165, 1.54) is 11.3 Å². The van der Waals surface area contributed by atoms with Crippen molar-refractivity contribution < 1.29 is 9.47 Å². The fraction of sp³-hybridized carbons (Fsp3) is 0.696. The van der Waals surface area contributed by atoms with Crippen LogP contribution in [0.25, 0.3) is 0 Å². The minimum atomic E-state index is 0.675. The van der Waals surface area contributed by atoms with Crippen LogP contribution in [0.5, 0.6) is 0 Å². The van der Waals surface area contributed by atoms with E-state index in [1.807, 2.05) is 0 Å². The Morgan fingerprint density at radius 3 is 2.72 bits per heavy atom. The number of guanidine groups is 1. The summed E-state index contributed by atoms with van der Waals surface area (Å²) in [5, 5.41) is 3.46. The van der Waals surface area contributed by atoms with Crippen LogP contribution in [0.3, 0.4) is 0 Å². The summed E-state index contributed by atoms with van der Waals surface area (Å²) in [7, 11) is 0. The number of benzene rings is 1. The molecule has 0 radical (unpaired) electrons. The second-order valence-electron chi connectivity index (χ2n) is 8.03. The van der Waals surface area contributed by atoms with E-state index in [2.05, 4.69) is 53.2 Å². The van der Waals surface area contributed by atoms with Crippen molar-refractivity contribution in [2.24, 2.45) is 10.9 Å². The maximum absolute atomic E-state index is 5.87. The lowest BCUT2D eigenvalue weighted by atomic mass is 10.0. The fourth-order valence-electron chi connectivity index (χ4n) is 3.94. The lowest BCUT2D eigenvalue weighted by molar-refractivity contribution is 0.0205. The molecule has 2 saturated heterocycles. The summed E-state index contributed by atoms with van der Waals surface area (Å²) in [6, 6.07) is 8.78. The molecule has 2 aliphatic rings. The SMILES string of the molecule is CCNC(=NCCCOCC1CCOCC1)N1CCN(c2cccc(C)c2)CC1. The molecule has 6 heteroatoms. The zero-order valence-corrected chi connectivity index (χ0v) is 18.2. The van der Waals surface area contributed by atoms with E-state index in [4.69, 9.17) is 14.5 Å². The van der Waals surface area contributed by atoms with Crippen LogP contribution < -0.4 is 10.2 Å². The van der Waals surface area contributed by atoms with Gasteiger partial charge in [0.25, 0.3) is 0 Å². The van der Waals surface area contributed by atoms with Gasteiger partial charge >= 0.3 is 0 Å². The molecule has 0 unspecified atom stereocenters. The zero-order chi connectivity index (χ0) is 20.3. The van der Waals surface area contributed by atoms with Crippen molar-refractivity contribution in [3.63, 3.8) is 0 Å². The first-order valence-electron chi connectivity index (χ1n) is 11.3. The van der Waals surface area contributed by atoms with Crippen LogP contribution in [0.2, 0.25) is 0 Å². The Kier molecular flexibility index (Phi) is 9.09. The van der Waals surface area contributed by atoms with Gasteiger partial charge in [0, 0.05) is 71.4 Å². The second kappa shape index (κ2) is 12.0. The van der Waals surface area contributed by atoms with Crippen molar-refractivity contribution >= 4 is 11.6 Å². The molecule has 1 aromatic rings. The third kappa shape index (κ3) is 7.19. The number of piperazine rings is 1. The average molecular weight is 403 g/mol. The third-order valence-electron chi connectivity index (χ3n) is 5.68. The van der Waals surface area contributed by atoms with Crippen molar-refractivity contribution in [2.75, 3.05) is 70.6 Å². The second-order valence-corrected chi connectivity index (χ2v) is 8.03. The first-order valence-corrected chi connectivity index (χ1v) is 11.3. The molecule has 2 aliphatic heterocycles. The molecular formula is C23H38N4O2. The van der Waals surface area contributed by atoms with Gasteiger partial charge in [-0.3, -0.25) is 4.99 Å². The topological polar surface area (TPSA) is 49.3 Å². The maximum atomic E-state index is 5.87. The minimum absolute atomic E-state index is 0.675. The van der Waals surface area contributed by atoms with Crippen molar-refractivity contribution in [1.29, 1.82) is 0 Å². The molecule has 1 N–H and O–H groups in total. The number of nitrogens with one attached hydrogen (secondary N) is 1. The molecule has 2 heterocycles. The molecule has 0 amide bonds. The summed E-state index contributed by atoms with van der Waals surface area (Å²) >= 11 is 0. The van der Waals surface area contributed by atoms with Gasteiger partial charge in [0.1, 0.15) is 0 Å². The number of ether oxygens (including phenoxy) is 2. The molecule has 3 rings (SSSR count). The molecule has 0 bridgehead atoms. The number of rotatable bonds is 8. The van der Waals surface area contributed by atoms with E-state index in [0.717, 1.165) is 90.9 Å². The lowest BCUT2D eigenvalue weighted by Crippen LogP contribution is -2.52. The summed E-state index contributed by atoms with van der Waals surface area (Å²) < 4.78 is 11.3. The van der Waals surface area contributed by atoms with E-state index in [1.54, 1.807) is 0 Å². The van der Waals surface area contributed by atoms with Gasteiger partial charge in [-0.2, -0.15) is 0 Å². The molecule has 0 spiro atoms. The zero-order valence-electron chi connectivity index (χ0n) is 18.2. The molecule has 1 aromatic carbocycles. The van der Waals surface area contributed by atoms with Gasteiger partial charge in [-0.15, -0.1) is 0 Å². The lowest BCUT2D eigenvalue weighted by Gasteiger charge is -2.37. The number of nitrogens with zero attached hydrogens (tertiary/aromatic N) is 3. The first kappa shape index (κ1) is 21.9. The largest absolute Gasteiger partial charge is 0.381 e. The van der Waals surface area contributed by atoms with Gasteiger partial charge in [-0.05, 0) is 56.7 Å². The number of hydrogen-bond acceptors (Lipinski definition) is 4. The van der Waals surface area contributed by atoms with Gasteiger partial charge in [-0.1, -0.05) is 12.1 Å². The quantitative estimate of drug-likeness (QED) is 0.412. The average Bonchev–Trinajstić information content (AvgIpc) is 2.76. The molecule has 0 atom stereocenters. The monoisotopic (exact) mass is 402 g/mol. The molecule has 2 fully saturated rings. The summed E-state index contributed by atoms with van der Waals surface area (Å²) in [5.41, 5.74) is 2.65. The van der Waals surface area contributed by atoms with Crippen LogP contribution in [0.1, 0.15) is 31.7 Å². The smallest absolute Gasteiger partial charge is 0.194 e. The Morgan fingerprint density at radius 2 is 2.00 bits per heavy atom. The van der Waals surface area contributed by atoms with Gasteiger partial charge in [0.05, 0.1) is 0 Å². The van der Waals surface area contributed by atoms with Crippen molar-refractivity contribution in [3.05, 3.63) is 29.8 Å². The Bertz CT molecular complexity index is 623. The third-order valence-corrected chi connectivity index (χ3v) is 5.68. The van der Waals surface area contributed by atoms with E-state index >= 15 is 0 Å². The Hall–Kier alpha value is -1.79. The van der Waals surface area contributed by atoms with Gasteiger partial charge < -0.3 is 24.6 Å². The van der Waals surface area contributed by atoms with Crippen molar-refractivity contribution in [3.8, 4) is 0 Å². The van der Waals surface area contributed by atoms with Crippen LogP contribution in [0, 0.1) is 12.8 Å². The summed E-state index contributed by atoms with van der Waals surface area (Å²) in [5.74, 6) is 1.72. The van der Waals surface area contributed by atoms with Crippen molar-refractivity contribution in [2.45, 2.75) is 33.1 Å². The molecule has 0 aromatic heterocycles. The standard InChI is InChI=1S/C23H38N4O2/c1-3-24-23(25-10-5-15-29-19-21-8-16-28-17-9-21)27-13-11-26(12-14-27)22-7-4-6-20(2)18-22/h4,6-7,18,21H,3,5,8-17,19H2,1-2H3,(H,24,25). The van der Waals surface area contributed by atoms with Crippen LogP contribution in [0.15, 0.2) is 29.3 Å². The highest BCUT2D eigenvalue weighted by Crippen LogP contribution is 2.18. The van der Waals surface area contributed by atoms with Gasteiger partial charge in [0.15, 0.2) is 5.96 Å². The number of aryl methyl sites for hydroxylation is 1. The molecular weight excluding hydrogens is 364 g/mol. The molecule has 0 saturated carbocycles. The Labute approximate surface area is 176 Å². The van der Waals surface area contributed by atoms with E-state index in [0.29, 0.717) is 5.92 Å². The van der Waals surface area contributed by atoms with E-state index in [-0.39, 0.29) is 0 Å². The molecule has 6 nitrogen and oxygen atoms in total. The molecule has 162 valence electrons. The highest BCUT2D eigenvalue weighted by molar-refractivity contribution is 5.80. The molecule has 0 aliphatic carbocycles. The van der Waals surface area contributed by atoms with Gasteiger partial charge in [0.2, 0.25) is 0 Å². The van der Waals surface area contributed by atoms with Crippen LogP contribution >= 0.6 is 0 Å². The molecule has 29 heavy (non-hydrogen) atoms. The highest BCUT2D eigenvalue weighted by atomic mass is 16.5. The predicted octanol–water partition coefficient (Wildman–Crippen LogP) is 2.92. The van der Waals surface area contributed by atoms with E-state index in [9.17, 15) is 0 Å². The Morgan fingerprint density at radius 1 is 1.21 bits per heavy atom. The summed E-state index contributed by atoms with van der Waals surface area (Å²) in [4.78, 5) is 9.70. The normalized spacial score (nSPS) is 18.9. The van der Waals surface area contributed by atoms with Gasteiger partial charge in [-0.25, -0.2) is 0 Å². The van der Waals surface area contributed by atoms with Crippen LogP contribution in [-0.2, 0) is 9.47 Å². The van der Waals surface area contributed by atoms with Crippen LogP contribution in [-0.4, -0.2) is 76.6 Å². The minimum Gasteiger partial charge on any atom is -0.381 e. The predicted molar refractivity (Wildman–Crippen MR) is 120 cm³/mol. The van der Waals surface area contributed by atoms with Crippen LogP contribution in [0.4, 0.5) is 5.69 Å². The maximum Gasteiger partial charge on any atom is 0.194 e. The van der Waals surface area contributed by atoms with Crippen molar-refractivity contribution in [1.82, 2.24) is 10.2 Å². The summed E-state index contributed by atoms with van der Waals surface area (Å²) in [6.45, 7) is 13.5. The Balaban J connectivity index is 1.38. The summed E-state index contributed by atoms with van der Waals surface area (Å²) in [6.07, 6.45) is 3.25. The number of aliphatic imine (C=N–C) groups is 1. The first-order chi connectivity index (χ1) is 14.3. The number of anilines is 1.